The zero-order valence-electron chi connectivity index (χ0n) is 7.51. The monoisotopic (exact) mass is 156 g/mol. The Hall–Kier alpha value is -0.120. The maximum atomic E-state index is 4.42. The summed E-state index contributed by atoms with van der Waals surface area (Å²) >= 11 is 0. The van der Waals surface area contributed by atoms with E-state index >= 15 is 0 Å². The minimum Gasteiger partial charge on any atom is -0.315 e. The third kappa shape index (κ3) is 3.70. The summed E-state index contributed by atoms with van der Waals surface area (Å²) < 4.78 is 0. The van der Waals surface area contributed by atoms with E-state index in [0.29, 0.717) is 5.92 Å². The fourth-order valence-corrected chi connectivity index (χ4v) is 1.44. The number of hydrogen-bond donors (Lipinski definition) is 1. The molecule has 3 heteroatoms. The number of nitrogens with one attached hydrogen (secondary N) is 1. The minimum absolute atomic E-state index is 0.715. The molecule has 0 saturated carbocycles. The van der Waals surface area contributed by atoms with Gasteiger partial charge in [0.15, 0.2) is 0 Å². The van der Waals surface area contributed by atoms with Crippen LogP contribution in [-0.4, -0.2) is 51.7 Å². The van der Waals surface area contributed by atoms with E-state index in [4.69, 9.17) is 0 Å². The van der Waals surface area contributed by atoms with Crippen molar-refractivity contribution in [3.63, 3.8) is 0 Å². The van der Waals surface area contributed by atoms with Crippen LogP contribution in [0.1, 0.15) is 0 Å². The van der Waals surface area contributed by atoms with Gasteiger partial charge in [-0.25, -0.2) is 5.32 Å². The van der Waals surface area contributed by atoms with Crippen molar-refractivity contribution in [1.82, 2.24) is 15.5 Å². The lowest BCUT2D eigenvalue weighted by Crippen LogP contribution is -2.31. The van der Waals surface area contributed by atoms with Gasteiger partial charge in [0, 0.05) is 32.7 Å². The van der Waals surface area contributed by atoms with E-state index < -0.39 is 0 Å². The van der Waals surface area contributed by atoms with E-state index in [9.17, 15) is 0 Å². The SMILES string of the molecule is CN(C)CC1C[N]CCNC1. The Morgan fingerprint density at radius 1 is 1.55 bits per heavy atom. The second-order valence-corrected chi connectivity index (χ2v) is 3.46. The van der Waals surface area contributed by atoms with Crippen LogP contribution in [0.4, 0.5) is 0 Å². The molecule has 1 aliphatic rings. The molecule has 1 N–H and O–H groups in total. The summed E-state index contributed by atoms with van der Waals surface area (Å²) in [4.78, 5) is 2.23. The van der Waals surface area contributed by atoms with E-state index in [1.807, 2.05) is 0 Å². The highest BCUT2D eigenvalue weighted by Gasteiger charge is 2.11. The highest BCUT2D eigenvalue weighted by Crippen LogP contribution is 1.97. The van der Waals surface area contributed by atoms with Crippen LogP contribution in [0.15, 0.2) is 0 Å². The van der Waals surface area contributed by atoms with Crippen LogP contribution >= 0.6 is 0 Å². The van der Waals surface area contributed by atoms with E-state index in [1.165, 1.54) is 0 Å². The van der Waals surface area contributed by atoms with Gasteiger partial charge in [0.1, 0.15) is 0 Å². The van der Waals surface area contributed by atoms with E-state index in [-0.39, 0.29) is 0 Å². The van der Waals surface area contributed by atoms with Crippen molar-refractivity contribution in [3.05, 3.63) is 0 Å². The van der Waals surface area contributed by atoms with Gasteiger partial charge >= 0.3 is 0 Å². The number of nitrogens with zero attached hydrogens (tertiary/aromatic N) is 2. The van der Waals surface area contributed by atoms with Crippen LogP contribution in [-0.2, 0) is 0 Å². The Morgan fingerprint density at radius 3 is 3.09 bits per heavy atom. The quantitative estimate of drug-likeness (QED) is 0.577. The highest BCUT2D eigenvalue weighted by molar-refractivity contribution is 4.71. The molecule has 65 valence electrons. The van der Waals surface area contributed by atoms with Crippen molar-refractivity contribution in [2.75, 3.05) is 46.8 Å². The number of hydrogen-bond acceptors (Lipinski definition) is 2. The lowest BCUT2D eigenvalue weighted by atomic mass is 10.1. The molecule has 1 unspecified atom stereocenters. The van der Waals surface area contributed by atoms with Crippen molar-refractivity contribution < 1.29 is 0 Å². The first-order valence-corrected chi connectivity index (χ1v) is 4.27. The fraction of sp³-hybridized carbons (Fsp3) is 1.00. The fourth-order valence-electron chi connectivity index (χ4n) is 1.44. The summed E-state index contributed by atoms with van der Waals surface area (Å²) in [7, 11) is 4.23. The zero-order chi connectivity index (χ0) is 8.10. The molecule has 1 aliphatic heterocycles. The van der Waals surface area contributed by atoms with Gasteiger partial charge in [-0.1, -0.05) is 0 Å². The Labute approximate surface area is 69.1 Å². The Balaban J connectivity index is 2.20. The maximum absolute atomic E-state index is 4.42. The molecule has 1 radical (unpaired) electrons. The molecular formula is C8H18N3. The molecule has 1 rings (SSSR count). The third-order valence-electron chi connectivity index (χ3n) is 1.89. The first-order chi connectivity index (χ1) is 5.29. The van der Waals surface area contributed by atoms with Crippen LogP contribution in [0.5, 0.6) is 0 Å². The average molecular weight is 156 g/mol. The van der Waals surface area contributed by atoms with Gasteiger partial charge in [0.25, 0.3) is 0 Å². The largest absolute Gasteiger partial charge is 0.315 e. The first-order valence-electron chi connectivity index (χ1n) is 4.27. The third-order valence-corrected chi connectivity index (χ3v) is 1.89. The van der Waals surface area contributed by atoms with Crippen LogP contribution in [0.25, 0.3) is 0 Å². The van der Waals surface area contributed by atoms with Gasteiger partial charge in [-0.15, -0.1) is 0 Å². The summed E-state index contributed by atoms with van der Waals surface area (Å²) in [5.41, 5.74) is 0. The number of rotatable bonds is 2. The minimum atomic E-state index is 0.715. The molecule has 1 atom stereocenters. The first kappa shape index (κ1) is 8.97. The van der Waals surface area contributed by atoms with Gasteiger partial charge in [0.2, 0.25) is 0 Å². The molecule has 1 saturated heterocycles. The lowest BCUT2D eigenvalue weighted by molar-refractivity contribution is 0.319. The molecule has 0 spiro atoms. The van der Waals surface area contributed by atoms with Crippen molar-refractivity contribution in [3.8, 4) is 0 Å². The summed E-state index contributed by atoms with van der Waals surface area (Å²) in [6, 6.07) is 0. The van der Waals surface area contributed by atoms with Crippen LogP contribution in [0, 0.1) is 5.92 Å². The smallest absolute Gasteiger partial charge is 0.0258 e. The van der Waals surface area contributed by atoms with Crippen LogP contribution in [0.2, 0.25) is 0 Å². The average Bonchev–Trinajstić information content (AvgIpc) is 2.14. The van der Waals surface area contributed by atoms with Gasteiger partial charge in [-0.05, 0) is 20.0 Å². The molecule has 0 aromatic carbocycles. The molecule has 0 amide bonds. The summed E-state index contributed by atoms with van der Waals surface area (Å²) in [5, 5.41) is 7.80. The van der Waals surface area contributed by atoms with Gasteiger partial charge in [-0.3, -0.25) is 0 Å². The molecular weight excluding hydrogens is 138 g/mol. The van der Waals surface area contributed by atoms with Crippen molar-refractivity contribution in [2.45, 2.75) is 0 Å². The molecule has 0 bridgehead atoms. The van der Waals surface area contributed by atoms with Gasteiger partial charge in [0.05, 0.1) is 0 Å². The highest BCUT2D eigenvalue weighted by atomic mass is 15.1. The summed E-state index contributed by atoms with van der Waals surface area (Å²) in [6.45, 7) is 5.36. The second kappa shape index (κ2) is 4.70. The molecule has 0 aliphatic carbocycles. The molecule has 1 fully saturated rings. The zero-order valence-corrected chi connectivity index (χ0v) is 7.51. The Morgan fingerprint density at radius 2 is 2.36 bits per heavy atom. The summed E-state index contributed by atoms with van der Waals surface area (Å²) in [5.74, 6) is 0.715. The van der Waals surface area contributed by atoms with Gasteiger partial charge in [-0.2, -0.15) is 0 Å². The van der Waals surface area contributed by atoms with Gasteiger partial charge < -0.3 is 10.2 Å². The molecule has 0 aromatic rings. The lowest BCUT2D eigenvalue weighted by Gasteiger charge is -2.18. The molecule has 0 aromatic heterocycles. The van der Waals surface area contributed by atoms with E-state index in [2.05, 4.69) is 29.6 Å². The van der Waals surface area contributed by atoms with E-state index in [0.717, 1.165) is 32.7 Å². The topological polar surface area (TPSA) is 29.4 Å². The van der Waals surface area contributed by atoms with Crippen molar-refractivity contribution >= 4 is 0 Å². The standard InChI is InChI=1S/C8H18N3/c1-11(2)7-8-5-9-3-4-10-6-8/h8-9H,3-7H2,1-2H3. The van der Waals surface area contributed by atoms with Crippen LogP contribution in [0.3, 0.4) is 0 Å². The Kier molecular flexibility index (Phi) is 3.83. The second-order valence-electron chi connectivity index (χ2n) is 3.46. The predicted molar refractivity (Wildman–Crippen MR) is 46.8 cm³/mol. The maximum Gasteiger partial charge on any atom is 0.0258 e. The van der Waals surface area contributed by atoms with Crippen LogP contribution < -0.4 is 10.6 Å². The summed E-state index contributed by atoms with van der Waals surface area (Å²) in [6.07, 6.45) is 0. The van der Waals surface area contributed by atoms with Crippen molar-refractivity contribution in [1.29, 1.82) is 0 Å². The molecule has 1 heterocycles. The molecule has 11 heavy (non-hydrogen) atoms. The normalized spacial score (nSPS) is 22.1. The van der Waals surface area contributed by atoms with E-state index in [1.54, 1.807) is 0 Å². The molecule has 3 nitrogen and oxygen atoms in total. The van der Waals surface area contributed by atoms with Crippen molar-refractivity contribution in [2.24, 2.45) is 5.92 Å². The Bertz CT molecular complexity index is 95.5. The predicted octanol–water partition coefficient (Wildman–Crippen LogP) is -0.628.